The van der Waals surface area contributed by atoms with Gasteiger partial charge >= 0.3 is 0 Å². The van der Waals surface area contributed by atoms with Crippen LogP contribution in [0.3, 0.4) is 0 Å². The van der Waals surface area contributed by atoms with Crippen molar-refractivity contribution < 1.29 is 4.79 Å². The highest BCUT2D eigenvalue weighted by Crippen LogP contribution is 2.18. The zero-order chi connectivity index (χ0) is 16.6. The standard InChI is InChI=1S/C17H17N3O2S/c1-11-12(2)23-17-18-9-14(16(22)20(11)17)15(21)19(3)10-13-7-5-4-6-8-13/h4-9H,10H2,1-3H3. The molecule has 0 aliphatic carbocycles. The molecule has 1 aromatic carbocycles. The van der Waals surface area contributed by atoms with Crippen LogP contribution < -0.4 is 5.56 Å². The average molecular weight is 327 g/mol. The zero-order valence-electron chi connectivity index (χ0n) is 13.2. The van der Waals surface area contributed by atoms with Gasteiger partial charge in [0.15, 0.2) is 4.96 Å². The van der Waals surface area contributed by atoms with E-state index in [0.29, 0.717) is 11.5 Å². The number of thiazole rings is 1. The first-order valence-corrected chi connectivity index (χ1v) is 8.08. The van der Waals surface area contributed by atoms with E-state index in [4.69, 9.17) is 0 Å². The predicted molar refractivity (Wildman–Crippen MR) is 91.1 cm³/mol. The van der Waals surface area contributed by atoms with Gasteiger partial charge < -0.3 is 4.90 Å². The topological polar surface area (TPSA) is 54.7 Å². The number of benzene rings is 1. The molecule has 0 atom stereocenters. The van der Waals surface area contributed by atoms with Crippen molar-refractivity contribution >= 4 is 22.2 Å². The quantitative estimate of drug-likeness (QED) is 0.743. The molecule has 0 bridgehead atoms. The van der Waals surface area contributed by atoms with Crippen LogP contribution in [0, 0.1) is 13.8 Å². The Morgan fingerprint density at radius 3 is 2.65 bits per heavy atom. The molecule has 0 aliphatic rings. The summed E-state index contributed by atoms with van der Waals surface area (Å²) in [6, 6.07) is 9.67. The van der Waals surface area contributed by atoms with E-state index in [1.54, 1.807) is 7.05 Å². The van der Waals surface area contributed by atoms with E-state index in [1.807, 2.05) is 44.2 Å². The van der Waals surface area contributed by atoms with E-state index < -0.39 is 0 Å². The van der Waals surface area contributed by atoms with Gasteiger partial charge in [0.05, 0.1) is 0 Å². The fraction of sp³-hybridized carbons (Fsp3) is 0.235. The van der Waals surface area contributed by atoms with Crippen molar-refractivity contribution in [3.8, 4) is 0 Å². The minimum absolute atomic E-state index is 0.0989. The molecule has 0 N–H and O–H groups in total. The summed E-state index contributed by atoms with van der Waals surface area (Å²) in [6.45, 7) is 4.25. The molecule has 0 fully saturated rings. The van der Waals surface area contributed by atoms with Crippen LogP contribution in [-0.4, -0.2) is 27.2 Å². The average Bonchev–Trinajstić information content (AvgIpc) is 2.83. The van der Waals surface area contributed by atoms with Crippen molar-refractivity contribution in [2.45, 2.75) is 20.4 Å². The number of aromatic nitrogens is 2. The zero-order valence-corrected chi connectivity index (χ0v) is 14.1. The largest absolute Gasteiger partial charge is 0.337 e. The van der Waals surface area contributed by atoms with Gasteiger partial charge in [0, 0.05) is 30.4 Å². The minimum atomic E-state index is -0.316. The monoisotopic (exact) mass is 327 g/mol. The van der Waals surface area contributed by atoms with Crippen LogP contribution in [0.5, 0.6) is 0 Å². The van der Waals surface area contributed by atoms with Crippen LogP contribution in [0.4, 0.5) is 0 Å². The second-order valence-electron chi connectivity index (χ2n) is 5.49. The van der Waals surface area contributed by atoms with Crippen LogP contribution in [0.1, 0.15) is 26.5 Å². The number of hydrogen-bond acceptors (Lipinski definition) is 4. The van der Waals surface area contributed by atoms with Gasteiger partial charge in [-0.2, -0.15) is 0 Å². The van der Waals surface area contributed by atoms with Gasteiger partial charge in [-0.25, -0.2) is 4.98 Å². The van der Waals surface area contributed by atoms with E-state index in [9.17, 15) is 9.59 Å². The van der Waals surface area contributed by atoms with E-state index in [2.05, 4.69) is 4.98 Å². The molecule has 23 heavy (non-hydrogen) atoms. The molecule has 3 aromatic rings. The van der Waals surface area contributed by atoms with E-state index in [1.165, 1.54) is 26.8 Å². The number of amides is 1. The highest BCUT2D eigenvalue weighted by Gasteiger charge is 2.19. The van der Waals surface area contributed by atoms with Gasteiger partial charge in [-0.05, 0) is 19.4 Å². The normalized spacial score (nSPS) is 10.9. The van der Waals surface area contributed by atoms with Crippen molar-refractivity contribution in [2.75, 3.05) is 7.05 Å². The minimum Gasteiger partial charge on any atom is -0.337 e. The SMILES string of the molecule is Cc1sc2ncc(C(=O)N(C)Cc3ccccc3)c(=O)n2c1C. The Kier molecular flexibility index (Phi) is 4.00. The molecule has 2 aromatic heterocycles. The first kappa shape index (κ1) is 15.4. The number of fused-ring (bicyclic) bond motifs is 1. The molecular weight excluding hydrogens is 310 g/mol. The maximum absolute atomic E-state index is 12.6. The summed E-state index contributed by atoms with van der Waals surface area (Å²) in [5.41, 5.74) is 1.64. The number of carbonyl (C=O) groups is 1. The molecule has 3 rings (SSSR count). The first-order chi connectivity index (χ1) is 11.0. The Balaban J connectivity index is 1.96. The fourth-order valence-electron chi connectivity index (χ4n) is 2.46. The summed E-state index contributed by atoms with van der Waals surface area (Å²) in [7, 11) is 1.69. The molecule has 0 aliphatic heterocycles. The van der Waals surface area contributed by atoms with Gasteiger partial charge in [0.2, 0.25) is 0 Å². The Hall–Kier alpha value is -2.47. The number of aryl methyl sites for hydroxylation is 2. The van der Waals surface area contributed by atoms with Gasteiger partial charge in [-0.3, -0.25) is 14.0 Å². The molecule has 0 saturated carbocycles. The third-order valence-corrected chi connectivity index (χ3v) is 4.93. The molecule has 0 radical (unpaired) electrons. The molecule has 6 heteroatoms. The Bertz CT molecular complexity index is 928. The van der Waals surface area contributed by atoms with Crippen LogP contribution in [0.25, 0.3) is 4.96 Å². The lowest BCUT2D eigenvalue weighted by Crippen LogP contribution is -2.33. The van der Waals surface area contributed by atoms with Crippen LogP contribution in [0.2, 0.25) is 0 Å². The highest BCUT2D eigenvalue weighted by atomic mass is 32.1. The summed E-state index contributed by atoms with van der Waals surface area (Å²) in [6.07, 6.45) is 1.39. The molecule has 5 nitrogen and oxygen atoms in total. The lowest BCUT2D eigenvalue weighted by atomic mass is 10.2. The fourth-order valence-corrected chi connectivity index (χ4v) is 3.39. The van der Waals surface area contributed by atoms with Crippen LogP contribution >= 0.6 is 11.3 Å². The summed E-state index contributed by atoms with van der Waals surface area (Å²) in [4.78, 5) is 32.7. The van der Waals surface area contributed by atoms with Gasteiger partial charge in [0.25, 0.3) is 11.5 Å². The Morgan fingerprint density at radius 2 is 1.96 bits per heavy atom. The van der Waals surface area contributed by atoms with Crippen molar-refractivity contribution in [2.24, 2.45) is 0 Å². The molecule has 0 saturated heterocycles. The second-order valence-corrected chi connectivity index (χ2v) is 6.67. The lowest BCUT2D eigenvalue weighted by molar-refractivity contribution is 0.0782. The van der Waals surface area contributed by atoms with E-state index >= 15 is 0 Å². The first-order valence-electron chi connectivity index (χ1n) is 7.26. The third kappa shape index (κ3) is 2.77. The van der Waals surface area contributed by atoms with E-state index in [0.717, 1.165) is 16.1 Å². The van der Waals surface area contributed by atoms with Gasteiger partial charge in [-0.1, -0.05) is 30.3 Å². The van der Waals surface area contributed by atoms with Crippen molar-refractivity contribution in [3.63, 3.8) is 0 Å². The summed E-state index contributed by atoms with van der Waals surface area (Å²) in [5, 5.41) is 0. The number of hydrogen-bond donors (Lipinski definition) is 0. The number of rotatable bonds is 3. The predicted octanol–water partition coefficient (Wildman–Crippen LogP) is 2.65. The van der Waals surface area contributed by atoms with Crippen molar-refractivity contribution in [1.29, 1.82) is 0 Å². The lowest BCUT2D eigenvalue weighted by Gasteiger charge is -2.16. The number of carbonyl (C=O) groups excluding carboxylic acids is 1. The maximum Gasteiger partial charge on any atom is 0.271 e. The number of nitrogens with zero attached hydrogens (tertiary/aromatic N) is 3. The Labute approximate surface area is 137 Å². The van der Waals surface area contributed by atoms with Crippen LogP contribution in [-0.2, 0) is 6.54 Å². The molecule has 1 amide bonds. The summed E-state index contributed by atoms with van der Waals surface area (Å²) in [5.74, 6) is -0.316. The Morgan fingerprint density at radius 1 is 1.26 bits per heavy atom. The van der Waals surface area contributed by atoms with Crippen molar-refractivity contribution in [3.05, 3.63) is 68.6 Å². The summed E-state index contributed by atoms with van der Waals surface area (Å²) >= 11 is 1.45. The van der Waals surface area contributed by atoms with Gasteiger partial charge in [0.1, 0.15) is 5.56 Å². The van der Waals surface area contributed by atoms with Gasteiger partial charge in [-0.15, -0.1) is 11.3 Å². The van der Waals surface area contributed by atoms with Crippen LogP contribution in [0.15, 0.2) is 41.3 Å². The maximum atomic E-state index is 12.6. The molecule has 2 heterocycles. The summed E-state index contributed by atoms with van der Waals surface area (Å²) < 4.78 is 1.52. The smallest absolute Gasteiger partial charge is 0.271 e. The molecular formula is C17H17N3O2S. The van der Waals surface area contributed by atoms with Crippen molar-refractivity contribution in [1.82, 2.24) is 14.3 Å². The molecule has 0 spiro atoms. The third-order valence-electron chi connectivity index (χ3n) is 3.86. The molecule has 118 valence electrons. The highest BCUT2D eigenvalue weighted by molar-refractivity contribution is 7.17. The molecule has 0 unspecified atom stereocenters. The van der Waals surface area contributed by atoms with E-state index in [-0.39, 0.29) is 17.0 Å². The second kappa shape index (κ2) is 5.96.